The Labute approximate surface area is 102 Å². The van der Waals surface area contributed by atoms with Gasteiger partial charge < -0.3 is 0 Å². The van der Waals surface area contributed by atoms with Crippen molar-refractivity contribution in [1.82, 2.24) is 0 Å². The SMILES string of the molecule is CC.Cc1sc2c(Br)cccc2c1C=O. The molecular formula is C12H13BrOS. The summed E-state index contributed by atoms with van der Waals surface area (Å²) in [6.45, 7) is 5.97. The van der Waals surface area contributed by atoms with Gasteiger partial charge in [-0.2, -0.15) is 0 Å². The van der Waals surface area contributed by atoms with E-state index in [1.54, 1.807) is 11.3 Å². The maximum atomic E-state index is 10.8. The summed E-state index contributed by atoms with van der Waals surface area (Å²) in [4.78, 5) is 11.9. The Bertz CT molecular complexity index is 474. The van der Waals surface area contributed by atoms with Crippen molar-refractivity contribution in [3.8, 4) is 0 Å². The highest BCUT2D eigenvalue weighted by molar-refractivity contribution is 9.10. The van der Waals surface area contributed by atoms with Crippen LogP contribution in [0.5, 0.6) is 0 Å². The highest BCUT2D eigenvalue weighted by atomic mass is 79.9. The van der Waals surface area contributed by atoms with Gasteiger partial charge in [0.1, 0.15) is 0 Å². The van der Waals surface area contributed by atoms with Gasteiger partial charge in [0.25, 0.3) is 0 Å². The van der Waals surface area contributed by atoms with Gasteiger partial charge in [0.15, 0.2) is 6.29 Å². The third-order valence-electron chi connectivity index (χ3n) is 2.01. The van der Waals surface area contributed by atoms with Gasteiger partial charge in [-0.05, 0) is 28.9 Å². The number of benzene rings is 1. The van der Waals surface area contributed by atoms with E-state index < -0.39 is 0 Å². The van der Waals surface area contributed by atoms with E-state index in [1.807, 2.05) is 39.0 Å². The van der Waals surface area contributed by atoms with Crippen molar-refractivity contribution in [3.05, 3.63) is 33.1 Å². The molecule has 0 unspecified atom stereocenters. The molecule has 0 N–H and O–H groups in total. The fourth-order valence-corrected chi connectivity index (χ4v) is 3.01. The van der Waals surface area contributed by atoms with E-state index in [2.05, 4.69) is 15.9 Å². The summed E-state index contributed by atoms with van der Waals surface area (Å²) in [7, 11) is 0. The number of rotatable bonds is 1. The van der Waals surface area contributed by atoms with E-state index in [-0.39, 0.29) is 0 Å². The van der Waals surface area contributed by atoms with Gasteiger partial charge in [-0.25, -0.2) is 0 Å². The molecule has 0 saturated heterocycles. The second-order valence-electron chi connectivity index (χ2n) is 2.81. The number of hydrogen-bond acceptors (Lipinski definition) is 2. The Morgan fingerprint density at radius 2 is 2.00 bits per heavy atom. The van der Waals surface area contributed by atoms with E-state index in [0.29, 0.717) is 0 Å². The third kappa shape index (κ3) is 2.29. The second kappa shape index (κ2) is 5.42. The van der Waals surface area contributed by atoms with Crippen molar-refractivity contribution in [1.29, 1.82) is 0 Å². The zero-order valence-corrected chi connectivity index (χ0v) is 11.4. The van der Waals surface area contributed by atoms with Crippen LogP contribution in [-0.4, -0.2) is 6.29 Å². The number of carbonyl (C=O) groups is 1. The summed E-state index contributed by atoms with van der Waals surface area (Å²) >= 11 is 5.12. The molecular weight excluding hydrogens is 272 g/mol. The first-order valence-electron chi connectivity index (χ1n) is 4.87. The highest BCUT2D eigenvalue weighted by Gasteiger charge is 2.09. The van der Waals surface area contributed by atoms with Crippen molar-refractivity contribution in [2.24, 2.45) is 0 Å². The van der Waals surface area contributed by atoms with Gasteiger partial charge >= 0.3 is 0 Å². The number of aryl methyl sites for hydroxylation is 1. The van der Waals surface area contributed by atoms with Crippen molar-refractivity contribution in [3.63, 3.8) is 0 Å². The first-order chi connectivity index (χ1) is 7.24. The van der Waals surface area contributed by atoms with Crippen LogP contribution >= 0.6 is 27.3 Å². The number of aldehydes is 1. The van der Waals surface area contributed by atoms with Crippen LogP contribution in [0.4, 0.5) is 0 Å². The molecule has 1 aromatic carbocycles. The largest absolute Gasteiger partial charge is 0.298 e. The standard InChI is InChI=1S/C10H7BrOS.C2H6/c1-6-8(5-12)7-3-2-4-9(11)10(7)13-6;1-2/h2-5H,1H3;1-2H3. The number of carbonyl (C=O) groups excluding carboxylic acids is 1. The fourth-order valence-electron chi connectivity index (χ4n) is 1.37. The van der Waals surface area contributed by atoms with Gasteiger partial charge in [0.05, 0.1) is 0 Å². The molecule has 80 valence electrons. The molecule has 1 nitrogen and oxygen atoms in total. The van der Waals surface area contributed by atoms with Crippen LogP contribution in [-0.2, 0) is 0 Å². The Hall–Kier alpha value is -0.670. The maximum absolute atomic E-state index is 10.8. The Kier molecular flexibility index (Phi) is 4.48. The lowest BCUT2D eigenvalue weighted by molar-refractivity contribution is 0.112. The molecule has 1 heterocycles. The Morgan fingerprint density at radius 1 is 1.33 bits per heavy atom. The monoisotopic (exact) mass is 284 g/mol. The minimum Gasteiger partial charge on any atom is -0.298 e. The van der Waals surface area contributed by atoms with Crippen LogP contribution in [0, 0.1) is 6.92 Å². The molecule has 0 radical (unpaired) electrons. The number of halogens is 1. The van der Waals surface area contributed by atoms with E-state index >= 15 is 0 Å². The summed E-state index contributed by atoms with van der Waals surface area (Å²) in [6, 6.07) is 5.92. The highest BCUT2D eigenvalue weighted by Crippen LogP contribution is 2.34. The van der Waals surface area contributed by atoms with Crippen molar-refractivity contribution >= 4 is 43.6 Å². The predicted octanol–water partition coefficient (Wildman–Crippen LogP) is 4.81. The topological polar surface area (TPSA) is 17.1 Å². The van der Waals surface area contributed by atoms with Gasteiger partial charge in [-0.15, -0.1) is 11.3 Å². The molecule has 0 bridgehead atoms. The van der Waals surface area contributed by atoms with Crippen molar-refractivity contribution in [2.75, 3.05) is 0 Å². The molecule has 3 heteroatoms. The molecule has 0 aliphatic carbocycles. The first-order valence-corrected chi connectivity index (χ1v) is 6.48. The van der Waals surface area contributed by atoms with Crippen molar-refractivity contribution in [2.45, 2.75) is 20.8 Å². The van der Waals surface area contributed by atoms with Gasteiger partial charge in [-0.1, -0.05) is 26.0 Å². The molecule has 0 fully saturated rings. The molecule has 0 saturated carbocycles. The van der Waals surface area contributed by atoms with Crippen LogP contribution in [0.2, 0.25) is 0 Å². The summed E-state index contributed by atoms with van der Waals surface area (Å²) in [5, 5.41) is 1.05. The van der Waals surface area contributed by atoms with Gasteiger partial charge in [0.2, 0.25) is 0 Å². The van der Waals surface area contributed by atoms with Gasteiger partial charge in [-0.3, -0.25) is 4.79 Å². The lowest BCUT2D eigenvalue weighted by Crippen LogP contribution is -1.78. The number of thiophene rings is 1. The van der Waals surface area contributed by atoms with Crippen LogP contribution in [0.1, 0.15) is 29.1 Å². The summed E-state index contributed by atoms with van der Waals surface area (Å²) < 4.78 is 2.22. The zero-order chi connectivity index (χ0) is 11.4. The molecule has 2 rings (SSSR count). The average molecular weight is 285 g/mol. The predicted molar refractivity (Wildman–Crippen MR) is 71.0 cm³/mol. The molecule has 0 amide bonds. The lowest BCUT2D eigenvalue weighted by Gasteiger charge is -1.92. The number of fused-ring (bicyclic) bond motifs is 1. The Morgan fingerprint density at radius 3 is 2.60 bits per heavy atom. The van der Waals surface area contributed by atoms with Crippen LogP contribution in [0.15, 0.2) is 22.7 Å². The van der Waals surface area contributed by atoms with Crippen LogP contribution in [0.3, 0.4) is 0 Å². The Balaban J connectivity index is 0.000000531. The van der Waals surface area contributed by atoms with Crippen molar-refractivity contribution < 1.29 is 4.79 Å². The molecule has 0 spiro atoms. The second-order valence-corrected chi connectivity index (χ2v) is 4.89. The van der Waals surface area contributed by atoms with E-state index in [1.165, 1.54) is 0 Å². The van der Waals surface area contributed by atoms with Crippen LogP contribution < -0.4 is 0 Å². The smallest absolute Gasteiger partial charge is 0.151 e. The van der Waals surface area contributed by atoms with Gasteiger partial charge in [0, 0.05) is 25.0 Å². The first kappa shape index (κ1) is 12.4. The zero-order valence-electron chi connectivity index (χ0n) is 9.00. The third-order valence-corrected chi connectivity index (χ3v) is 4.10. The molecule has 0 aliphatic heterocycles. The summed E-state index contributed by atoms with van der Waals surface area (Å²) in [6.07, 6.45) is 0.931. The van der Waals surface area contributed by atoms with Crippen LogP contribution in [0.25, 0.3) is 10.1 Å². The normalized spacial score (nSPS) is 9.60. The van der Waals surface area contributed by atoms with E-state index in [0.717, 1.165) is 31.3 Å². The lowest BCUT2D eigenvalue weighted by atomic mass is 10.1. The summed E-state index contributed by atoms with van der Waals surface area (Å²) in [5.41, 5.74) is 0.821. The minimum atomic E-state index is 0.821. The maximum Gasteiger partial charge on any atom is 0.151 e. The fraction of sp³-hybridized carbons (Fsp3) is 0.250. The molecule has 1 aromatic heterocycles. The molecule has 0 aliphatic rings. The van der Waals surface area contributed by atoms with E-state index in [9.17, 15) is 4.79 Å². The molecule has 2 aromatic rings. The molecule has 0 atom stereocenters. The van der Waals surface area contributed by atoms with E-state index in [4.69, 9.17) is 0 Å². The summed E-state index contributed by atoms with van der Waals surface area (Å²) in [5.74, 6) is 0. The molecule has 15 heavy (non-hydrogen) atoms. The average Bonchev–Trinajstić information content (AvgIpc) is 2.59. The minimum absolute atomic E-state index is 0.821. The quantitative estimate of drug-likeness (QED) is 0.687. The number of hydrogen-bond donors (Lipinski definition) is 0.